The number of nitrogens with two attached hydrogens (primary N) is 2. The molecule has 0 saturated carbocycles. The van der Waals surface area contributed by atoms with E-state index in [-0.39, 0.29) is 10.6 Å². The molecular formula is C12H12ClN3O2. The highest BCUT2D eigenvalue weighted by Gasteiger charge is 2.13. The zero-order valence-electron chi connectivity index (χ0n) is 9.74. The Bertz CT molecular complexity index is 628. The SMILES string of the molecule is CCOc1cc2ncc(C(N)=O)c(Cl)c2cc1N. The quantitative estimate of drug-likeness (QED) is 0.830. The largest absolute Gasteiger partial charge is 0.492 e. The minimum atomic E-state index is -0.623. The van der Waals surface area contributed by atoms with Gasteiger partial charge in [0.15, 0.2) is 0 Å². The summed E-state index contributed by atoms with van der Waals surface area (Å²) in [5.74, 6) is -0.0813. The number of amides is 1. The van der Waals surface area contributed by atoms with Crippen LogP contribution in [0.15, 0.2) is 18.3 Å². The van der Waals surface area contributed by atoms with E-state index in [9.17, 15) is 4.79 Å². The van der Waals surface area contributed by atoms with Crippen molar-refractivity contribution in [2.24, 2.45) is 5.73 Å². The van der Waals surface area contributed by atoms with Gasteiger partial charge in [-0.1, -0.05) is 11.6 Å². The molecule has 4 N–H and O–H groups in total. The van der Waals surface area contributed by atoms with Gasteiger partial charge in [-0.3, -0.25) is 9.78 Å². The molecular weight excluding hydrogens is 254 g/mol. The third-order valence-corrected chi connectivity index (χ3v) is 2.91. The van der Waals surface area contributed by atoms with Crippen LogP contribution in [0.25, 0.3) is 10.9 Å². The second-order valence-corrected chi connectivity index (χ2v) is 4.07. The smallest absolute Gasteiger partial charge is 0.251 e. The van der Waals surface area contributed by atoms with E-state index in [2.05, 4.69) is 4.98 Å². The average Bonchev–Trinajstić information content (AvgIpc) is 2.31. The number of carbonyl (C=O) groups is 1. The summed E-state index contributed by atoms with van der Waals surface area (Å²) in [6, 6.07) is 3.31. The number of fused-ring (bicyclic) bond motifs is 1. The zero-order chi connectivity index (χ0) is 13.3. The Morgan fingerprint density at radius 2 is 2.22 bits per heavy atom. The van der Waals surface area contributed by atoms with Gasteiger partial charge in [0.25, 0.3) is 5.91 Å². The molecule has 1 amide bonds. The molecule has 5 nitrogen and oxygen atoms in total. The molecule has 0 aliphatic rings. The molecule has 0 aliphatic carbocycles. The number of hydrogen-bond donors (Lipinski definition) is 2. The number of nitrogens with zero attached hydrogens (tertiary/aromatic N) is 1. The predicted molar refractivity (Wildman–Crippen MR) is 70.9 cm³/mol. The maximum absolute atomic E-state index is 11.2. The monoisotopic (exact) mass is 265 g/mol. The number of anilines is 1. The van der Waals surface area contributed by atoms with Crippen LogP contribution in [0, 0.1) is 0 Å². The van der Waals surface area contributed by atoms with Crippen molar-refractivity contribution < 1.29 is 9.53 Å². The molecule has 0 radical (unpaired) electrons. The van der Waals surface area contributed by atoms with Crippen molar-refractivity contribution in [3.05, 3.63) is 28.9 Å². The lowest BCUT2D eigenvalue weighted by Crippen LogP contribution is -2.12. The molecule has 18 heavy (non-hydrogen) atoms. The Morgan fingerprint density at radius 3 is 2.83 bits per heavy atom. The van der Waals surface area contributed by atoms with Gasteiger partial charge < -0.3 is 16.2 Å². The molecule has 0 fully saturated rings. The van der Waals surface area contributed by atoms with Crippen LogP contribution in [0.3, 0.4) is 0 Å². The van der Waals surface area contributed by atoms with E-state index in [4.69, 9.17) is 27.8 Å². The molecule has 0 atom stereocenters. The predicted octanol–water partition coefficient (Wildman–Crippen LogP) is 1.97. The van der Waals surface area contributed by atoms with Gasteiger partial charge in [-0.2, -0.15) is 0 Å². The first kappa shape index (κ1) is 12.4. The average molecular weight is 266 g/mol. The Balaban J connectivity index is 2.69. The molecule has 1 aromatic carbocycles. The van der Waals surface area contributed by atoms with E-state index >= 15 is 0 Å². The fourth-order valence-corrected chi connectivity index (χ4v) is 1.95. The van der Waals surface area contributed by atoms with Crippen molar-refractivity contribution in [3.8, 4) is 5.75 Å². The Morgan fingerprint density at radius 1 is 1.50 bits per heavy atom. The molecule has 0 saturated heterocycles. The van der Waals surface area contributed by atoms with Crippen LogP contribution in [-0.2, 0) is 0 Å². The van der Waals surface area contributed by atoms with Gasteiger partial charge in [0.05, 0.1) is 28.4 Å². The number of halogens is 1. The third kappa shape index (κ3) is 2.04. The number of aromatic nitrogens is 1. The third-order valence-electron chi connectivity index (χ3n) is 2.50. The minimum absolute atomic E-state index is 0.174. The Kier molecular flexibility index (Phi) is 3.25. The van der Waals surface area contributed by atoms with Crippen molar-refractivity contribution >= 4 is 34.1 Å². The number of hydrogen-bond acceptors (Lipinski definition) is 4. The number of carbonyl (C=O) groups excluding carboxylic acids is 1. The highest BCUT2D eigenvalue weighted by atomic mass is 35.5. The standard InChI is InChI=1S/C12H12ClN3O2/c1-2-18-10-4-9-6(3-8(10)14)11(13)7(5-16-9)12(15)17/h3-5H,2,14H2,1H3,(H2,15,17). The summed E-state index contributed by atoms with van der Waals surface area (Å²) in [6.45, 7) is 2.36. The lowest BCUT2D eigenvalue weighted by molar-refractivity contribution is 0.100. The van der Waals surface area contributed by atoms with E-state index < -0.39 is 5.91 Å². The van der Waals surface area contributed by atoms with E-state index in [0.29, 0.717) is 28.9 Å². The Labute approximate surface area is 109 Å². The van der Waals surface area contributed by atoms with E-state index in [1.807, 2.05) is 6.92 Å². The fourth-order valence-electron chi connectivity index (χ4n) is 1.66. The fraction of sp³-hybridized carbons (Fsp3) is 0.167. The number of nitrogen functional groups attached to an aromatic ring is 1. The second-order valence-electron chi connectivity index (χ2n) is 3.69. The van der Waals surface area contributed by atoms with Gasteiger partial charge in [-0.15, -0.1) is 0 Å². The topological polar surface area (TPSA) is 91.2 Å². The Hall–Kier alpha value is -2.01. The molecule has 0 unspecified atom stereocenters. The lowest BCUT2D eigenvalue weighted by Gasteiger charge is -2.10. The molecule has 2 aromatic rings. The first-order valence-corrected chi connectivity index (χ1v) is 5.72. The van der Waals surface area contributed by atoms with Crippen LogP contribution >= 0.6 is 11.6 Å². The van der Waals surface area contributed by atoms with Gasteiger partial charge in [-0.25, -0.2) is 0 Å². The summed E-state index contributed by atoms with van der Waals surface area (Å²) in [5, 5.41) is 0.830. The van der Waals surface area contributed by atoms with Crippen molar-refractivity contribution in [1.82, 2.24) is 4.98 Å². The van der Waals surface area contributed by atoms with Crippen molar-refractivity contribution in [2.75, 3.05) is 12.3 Å². The van der Waals surface area contributed by atoms with Crippen LogP contribution in [0.1, 0.15) is 17.3 Å². The summed E-state index contributed by atoms with van der Waals surface area (Å²) >= 11 is 6.10. The van der Waals surface area contributed by atoms with Crippen LogP contribution in [0.2, 0.25) is 5.02 Å². The van der Waals surface area contributed by atoms with Crippen LogP contribution in [0.4, 0.5) is 5.69 Å². The number of benzene rings is 1. The number of pyridine rings is 1. The van der Waals surface area contributed by atoms with Crippen molar-refractivity contribution in [1.29, 1.82) is 0 Å². The first-order chi connectivity index (χ1) is 8.54. The molecule has 1 aromatic heterocycles. The lowest BCUT2D eigenvalue weighted by atomic mass is 10.1. The van der Waals surface area contributed by atoms with Gasteiger partial charge in [-0.05, 0) is 13.0 Å². The number of primary amides is 1. The number of rotatable bonds is 3. The molecule has 1 heterocycles. The maximum atomic E-state index is 11.2. The summed E-state index contributed by atoms with van der Waals surface area (Å²) in [5.41, 5.74) is 12.3. The van der Waals surface area contributed by atoms with E-state index in [0.717, 1.165) is 0 Å². The molecule has 0 aliphatic heterocycles. The second kappa shape index (κ2) is 4.70. The molecule has 0 spiro atoms. The van der Waals surface area contributed by atoms with Crippen LogP contribution in [0.5, 0.6) is 5.75 Å². The molecule has 6 heteroatoms. The van der Waals surface area contributed by atoms with Gasteiger partial charge in [0.1, 0.15) is 5.75 Å². The van der Waals surface area contributed by atoms with Gasteiger partial charge >= 0.3 is 0 Å². The zero-order valence-corrected chi connectivity index (χ0v) is 10.5. The van der Waals surface area contributed by atoms with Crippen molar-refractivity contribution in [3.63, 3.8) is 0 Å². The minimum Gasteiger partial charge on any atom is -0.492 e. The van der Waals surface area contributed by atoms with Crippen LogP contribution in [-0.4, -0.2) is 17.5 Å². The number of ether oxygens (including phenoxy) is 1. The van der Waals surface area contributed by atoms with E-state index in [1.54, 1.807) is 12.1 Å². The molecule has 0 bridgehead atoms. The summed E-state index contributed by atoms with van der Waals surface area (Å²) in [4.78, 5) is 15.3. The van der Waals surface area contributed by atoms with Gasteiger partial charge in [0.2, 0.25) is 0 Å². The maximum Gasteiger partial charge on any atom is 0.251 e. The molecule has 94 valence electrons. The normalized spacial score (nSPS) is 10.6. The van der Waals surface area contributed by atoms with Gasteiger partial charge in [0, 0.05) is 17.6 Å². The highest BCUT2D eigenvalue weighted by molar-refractivity contribution is 6.38. The summed E-state index contributed by atoms with van der Waals surface area (Å²) < 4.78 is 5.36. The molecule has 2 rings (SSSR count). The van der Waals surface area contributed by atoms with Crippen molar-refractivity contribution in [2.45, 2.75) is 6.92 Å². The first-order valence-electron chi connectivity index (χ1n) is 5.35. The highest BCUT2D eigenvalue weighted by Crippen LogP contribution is 2.32. The summed E-state index contributed by atoms with van der Waals surface area (Å²) in [6.07, 6.45) is 1.35. The van der Waals surface area contributed by atoms with Crippen LogP contribution < -0.4 is 16.2 Å². The van der Waals surface area contributed by atoms with E-state index in [1.165, 1.54) is 6.20 Å². The summed E-state index contributed by atoms with van der Waals surface area (Å²) in [7, 11) is 0.